The highest BCUT2D eigenvalue weighted by molar-refractivity contribution is 5.20. The summed E-state index contributed by atoms with van der Waals surface area (Å²) in [6, 6.07) is 1.75. The summed E-state index contributed by atoms with van der Waals surface area (Å²) in [5.74, 6) is 0. The van der Waals surface area contributed by atoms with Crippen molar-refractivity contribution < 1.29 is 5.11 Å². The van der Waals surface area contributed by atoms with E-state index >= 15 is 0 Å². The second kappa shape index (κ2) is 3.07. The number of hydrogen-bond donors (Lipinski definition) is 2. The van der Waals surface area contributed by atoms with Crippen LogP contribution in [0.25, 0.3) is 0 Å². The average Bonchev–Trinajstić information content (AvgIpc) is 2.31. The van der Waals surface area contributed by atoms with Crippen LogP contribution in [0.3, 0.4) is 0 Å². The van der Waals surface area contributed by atoms with Crippen LogP contribution in [0.15, 0.2) is 12.3 Å². The Bertz CT molecular complexity index is 223. The third kappa shape index (κ3) is 1.61. The van der Waals surface area contributed by atoms with Crippen LogP contribution < -0.4 is 5.73 Å². The van der Waals surface area contributed by atoms with Crippen LogP contribution in [-0.4, -0.2) is 16.3 Å². The number of rotatable bonds is 2. The van der Waals surface area contributed by atoms with E-state index in [1.165, 1.54) is 0 Å². The van der Waals surface area contributed by atoms with Crippen LogP contribution in [0, 0.1) is 6.92 Å². The van der Waals surface area contributed by atoms with Gasteiger partial charge in [0, 0.05) is 18.9 Å². The SMILES string of the molecule is Cc1cc(C(N)CO)cn1C. The second-order valence-corrected chi connectivity index (χ2v) is 2.81. The number of aliphatic hydroxyl groups is 1. The average molecular weight is 154 g/mol. The molecule has 1 aromatic rings. The van der Waals surface area contributed by atoms with Crippen LogP contribution in [-0.2, 0) is 7.05 Å². The van der Waals surface area contributed by atoms with Crippen molar-refractivity contribution in [2.24, 2.45) is 12.8 Å². The third-order valence-electron chi connectivity index (χ3n) is 1.90. The molecular weight excluding hydrogens is 140 g/mol. The molecule has 3 heteroatoms. The van der Waals surface area contributed by atoms with Crippen LogP contribution >= 0.6 is 0 Å². The van der Waals surface area contributed by atoms with E-state index in [1.54, 1.807) is 0 Å². The molecule has 0 radical (unpaired) electrons. The van der Waals surface area contributed by atoms with E-state index in [4.69, 9.17) is 10.8 Å². The van der Waals surface area contributed by atoms with Gasteiger partial charge in [-0.05, 0) is 18.6 Å². The van der Waals surface area contributed by atoms with Gasteiger partial charge < -0.3 is 15.4 Å². The first-order valence-electron chi connectivity index (χ1n) is 3.64. The molecule has 0 fully saturated rings. The lowest BCUT2D eigenvalue weighted by Gasteiger charge is -2.03. The van der Waals surface area contributed by atoms with E-state index in [0.29, 0.717) is 0 Å². The molecule has 0 saturated carbocycles. The number of nitrogens with zero attached hydrogens (tertiary/aromatic N) is 1. The highest BCUT2D eigenvalue weighted by Gasteiger charge is 2.06. The molecule has 0 aromatic carbocycles. The van der Waals surface area contributed by atoms with E-state index in [2.05, 4.69) is 0 Å². The van der Waals surface area contributed by atoms with Gasteiger partial charge in [-0.2, -0.15) is 0 Å². The molecule has 3 nitrogen and oxygen atoms in total. The van der Waals surface area contributed by atoms with Gasteiger partial charge in [0.1, 0.15) is 0 Å². The number of aliphatic hydroxyl groups excluding tert-OH is 1. The predicted molar refractivity (Wildman–Crippen MR) is 44.2 cm³/mol. The summed E-state index contributed by atoms with van der Waals surface area (Å²) in [7, 11) is 1.96. The Morgan fingerprint density at radius 2 is 2.36 bits per heavy atom. The largest absolute Gasteiger partial charge is 0.394 e. The summed E-state index contributed by atoms with van der Waals surface area (Å²) in [4.78, 5) is 0. The van der Waals surface area contributed by atoms with Crippen LogP contribution in [0.2, 0.25) is 0 Å². The molecule has 1 rings (SSSR count). The Kier molecular flexibility index (Phi) is 2.31. The smallest absolute Gasteiger partial charge is 0.0624 e. The van der Waals surface area contributed by atoms with Crippen molar-refractivity contribution in [3.8, 4) is 0 Å². The maximum atomic E-state index is 8.75. The van der Waals surface area contributed by atoms with Crippen molar-refractivity contribution in [2.45, 2.75) is 13.0 Å². The Morgan fingerprint density at radius 1 is 1.73 bits per heavy atom. The van der Waals surface area contributed by atoms with Gasteiger partial charge in [-0.25, -0.2) is 0 Å². The Labute approximate surface area is 66.4 Å². The summed E-state index contributed by atoms with van der Waals surface area (Å²) < 4.78 is 1.99. The van der Waals surface area contributed by atoms with Gasteiger partial charge in [-0.1, -0.05) is 0 Å². The molecule has 1 atom stereocenters. The van der Waals surface area contributed by atoms with E-state index < -0.39 is 0 Å². The number of nitrogens with two attached hydrogens (primary N) is 1. The van der Waals surface area contributed by atoms with Gasteiger partial charge in [-0.3, -0.25) is 0 Å². The zero-order chi connectivity index (χ0) is 8.43. The molecule has 11 heavy (non-hydrogen) atoms. The van der Waals surface area contributed by atoms with E-state index in [-0.39, 0.29) is 12.6 Å². The summed E-state index contributed by atoms with van der Waals surface area (Å²) in [6.07, 6.45) is 1.94. The Balaban J connectivity index is 2.88. The molecule has 1 unspecified atom stereocenters. The fraction of sp³-hybridized carbons (Fsp3) is 0.500. The molecule has 3 N–H and O–H groups in total. The molecule has 1 heterocycles. The monoisotopic (exact) mass is 154 g/mol. The van der Waals surface area contributed by atoms with E-state index in [1.807, 2.05) is 30.8 Å². The maximum absolute atomic E-state index is 8.75. The fourth-order valence-electron chi connectivity index (χ4n) is 1.01. The van der Waals surface area contributed by atoms with Crippen molar-refractivity contribution in [2.75, 3.05) is 6.61 Å². The number of hydrogen-bond acceptors (Lipinski definition) is 2. The minimum Gasteiger partial charge on any atom is -0.394 e. The molecule has 62 valence electrons. The summed E-state index contributed by atoms with van der Waals surface area (Å²) in [5, 5.41) is 8.75. The molecule has 0 aliphatic rings. The first-order chi connectivity index (χ1) is 5.15. The van der Waals surface area contributed by atoms with Crippen molar-refractivity contribution in [3.05, 3.63) is 23.5 Å². The molecule has 0 bridgehead atoms. The molecular formula is C8H14N2O. The van der Waals surface area contributed by atoms with E-state index in [9.17, 15) is 0 Å². The molecule has 1 aromatic heterocycles. The van der Waals surface area contributed by atoms with Crippen molar-refractivity contribution in [3.63, 3.8) is 0 Å². The topological polar surface area (TPSA) is 51.2 Å². The summed E-state index contributed by atoms with van der Waals surface area (Å²) in [5.41, 5.74) is 7.76. The maximum Gasteiger partial charge on any atom is 0.0624 e. The lowest BCUT2D eigenvalue weighted by Crippen LogP contribution is -2.13. The zero-order valence-corrected chi connectivity index (χ0v) is 6.91. The predicted octanol–water partition coefficient (Wildman–Crippen LogP) is 0.326. The standard InChI is InChI=1S/C8H14N2O/c1-6-3-7(4-10(6)2)8(9)5-11/h3-4,8,11H,5,9H2,1-2H3. The van der Waals surface area contributed by atoms with Crippen molar-refractivity contribution >= 4 is 0 Å². The minimum absolute atomic E-state index is 0.00343. The van der Waals surface area contributed by atoms with Crippen LogP contribution in [0.5, 0.6) is 0 Å². The van der Waals surface area contributed by atoms with Crippen molar-refractivity contribution in [1.29, 1.82) is 0 Å². The van der Waals surface area contributed by atoms with Crippen molar-refractivity contribution in [1.82, 2.24) is 4.57 Å². The van der Waals surface area contributed by atoms with Crippen LogP contribution in [0.4, 0.5) is 0 Å². The van der Waals surface area contributed by atoms with Gasteiger partial charge in [0.25, 0.3) is 0 Å². The van der Waals surface area contributed by atoms with Gasteiger partial charge in [-0.15, -0.1) is 0 Å². The Morgan fingerprint density at radius 3 is 2.73 bits per heavy atom. The zero-order valence-electron chi connectivity index (χ0n) is 6.91. The van der Waals surface area contributed by atoms with Gasteiger partial charge in [0.2, 0.25) is 0 Å². The quantitative estimate of drug-likeness (QED) is 0.644. The minimum atomic E-state index is -0.241. The van der Waals surface area contributed by atoms with E-state index in [0.717, 1.165) is 11.3 Å². The molecule has 0 aliphatic heterocycles. The highest BCUT2D eigenvalue weighted by atomic mass is 16.3. The number of aryl methyl sites for hydroxylation is 2. The highest BCUT2D eigenvalue weighted by Crippen LogP contribution is 2.12. The molecule has 0 spiro atoms. The lowest BCUT2D eigenvalue weighted by molar-refractivity contribution is 0.268. The molecule has 0 aliphatic carbocycles. The van der Waals surface area contributed by atoms with Gasteiger partial charge in [0.05, 0.1) is 12.6 Å². The third-order valence-corrected chi connectivity index (χ3v) is 1.90. The summed E-state index contributed by atoms with van der Waals surface area (Å²) in [6.45, 7) is 2.01. The first-order valence-corrected chi connectivity index (χ1v) is 3.64. The van der Waals surface area contributed by atoms with Gasteiger partial charge in [0.15, 0.2) is 0 Å². The summed E-state index contributed by atoms with van der Waals surface area (Å²) >= 11 is 0. The second-order valence-electron chi connectivity index (χ2n) is 2.81. The Hall–Kier alpha value is -0.800. The van der Waals surface area contributed by atoms with Crippen LogP contribution in [0.1, 0.15) is 17.3 Å². The molecule has 0 amide bonds. The normalized spacial score (nSPS) is 13.5. The lowest BCUT2D eigenvalue weighted by atomic mass is 10.2. The fourth-order valence-corrected chi connectivity index (χ4v) is 1.01. The van der Waals surface area contributed by atoms with Gasteiger partial charge >= 0.3 is 0 Å². The number of aromatic nitrogens is 1. The first kappa shape index (κ1) is 8.30. The molecule has 0 saturated heterocycles.